The molecule has 1 fully saturated rings. The van der Waals surface area contributed by atoms with Crippen LogP contribution in [-0.4, -0.2) is 46.2 Å². The molecule has 5 nitrogen and oxygen atoms in total. The van der Waals surface area contributed by atoms with Crippen LogP contribution >= 0.6 is 0 Å². The van der Waals surface area contributed by atoms with Gasteiger partial charge in [0, 0.05) is 49.1 Å². The van der Waals surface area contributed by atoms with Gasteiger partial charge >= 0.3 is 0 Å². The van der Waals surface area contributed by atoms with E-state index in [0.717, 1.165) is 37.4 Å². The predicted octanol–water partition coefficient (Wildman–Crippen LogP) is 3.01. The Bertz CT molecular complexity index is 778. The van der Waals surface area contributed by atoms with Gasteiger partial charge in [-0.1, -0.05) is 0 Å². The number of piperazine rings is 1. The first-order valence-electron chi connectivity index (χ1n) is 8.71. The molecule has 1 aliphatic rings. The number of carbonyl (C=O) groups is 1. The van der Waals surface area contributed by atoms with Crippen molar-refractivity contribution in [1.82, 2.24) is 5.32 Å². The third-order valence-corrected chi connectivity index (χ3v) is 4.49. The average Bonchev–Trinajstić information content (AvgIpc) is 2.72. The van der Waals surface area contributed by atoms with E-state index in [4.69, 9.17) is 9.47 Å². The summed E-state index contributed by atoms with van der Waals surface area (Å²) in [4.78, 5) is 14.8. The SMILES string of the molecule is COc1ccc(/C=C/C(=O)c2ccc(N3CCNCC3)cc2)c(OC)c1. The molecule has 1 saturated heterocycles. The van der Waals surface area contributed by atoms with Crippen LogP contribution < -0.4 is 19.7 Å². The van der Waals surface area contributed by atoms with Crippen molar-refractivity contribution in [3.8, 4) is 11.5 Å². The highest BCUT2D eigenvalue weighted by molar-refractivity contribution is 6.07. The van der Waals surface area contributed by atoms with Gasteiger partial charge in [0.05, 0.1) is 14.2 Å². The standard InChI is InChI=1S/C21H24N2O3/c1-25-19-9-5-17(21(15-19)26-2)6-10-20(24)16-3-7-18(8-4-16)23-13-11-22-12-14-23/h3-10,15,22H,11-14H2,1-2H3/b10-6+. The lowest BCUT2D eigenvalue weighted by Gasteiger charge is -2.29. The van der Waals surface area contributed by atoms with Gasteiger partial charge in [0.1, 0.15) is 11.5 Å². The van der Waals surface area contributed by atoms with Gasteiger partial charge in [-0.15, -0.1) is 0 Å². The molecule has 0 unspecified atom stereocenters. The number of allylic oxidation sites excluding steroid dienone is 1. The number of benzene rings is 2. The number of ether oxygens (including phenoxy) is 2. The first-order valence-corrected chi connectivity index (χ1v) is 8.71. The molecule has 2 aromatic rings. The van der Waals surface area contributed by atoms with Gasteiger partial charge in [-0.05, 0) is 48.6 Å². The van der Waals surface area contributed by atoms with Crippen molar-refractivity contribution >= 4 is 17.5 Å². The predicted molar refractivity (Wildman–Crippen MR) is 104 cm³/mol. The lowest BCUT2D eigenvalue weighted by atomic mass is 10.1. The summed E-state index contributed by atoms with van der Waals surface area (Å²) in [5.41, 5.74) is 2.66. The number of anilines is 1. The molecule has 1 aliphatic heterocycles. The van der Waals surface area contributed by atoms with E-state index in [1.165, 1.54) is 0 Å². The highest BCUT2D eigenvalue weighted by atomic mass is 16.5. The van der Waals surface area contributed by atoms with Crippen LogP contribution in [0.25, 0.3) is 6.08 Å². The van der Waals surface area contributed by atoms with Crippen LogP contribution in [0.1, 0.15) is 15.9 Å². The van der Waals surface area contributed by atoms with E-state index in [0.29, 0.717) is 17.1 Å². The summed E-state index contributed by atoms with van der Waals surface area (Å²) in [5.74, 6) is 1.35. The van der Waals surface area contributed by atoms with Crippen LogP contribution in [0.3, 0.4) is 0 Å². The summed E-state index contributed by atoms with van der Waals surface area (Å²) < 4.78 is 10.5. The van der Waals surface area contributed by atoms with Crippen molar-refractivity contribution in [1.29, 1.82) is 0 Å². The van der Waals surface area contributed by atoms with Crippen molar-refractivity contribution in [2.45, 2.75) is 0 Å². The fraction of sp³-hybridized carbons (Fsp3) is 0.286. The summed E-state index contributed by atoms with van der Waals surface area (Å²) >= 11 is 0. The minimum absolute atomic E-state index is 0.0327. The Kier molecular flexibility index (Phi) is 5.92. The Hall–Kier alpha value is -2.79. The fourth-order valence-electron chi connectivity index (χ4n) is 2.98. The van der Waals surface area contributed by atoms with Crippen LogP contribution in [0.4, 0.5) is 5.69 Å². The van der Waals surface area contributed by atoms with Crippen LogP contribution in [0.2, 0.25) is 0 Å². The normalized spacial score (nSPS) is 14.5. The summed E-state index contributed by atoms with van der Waals surface area (Å²) in [7, 11) is 3.21. The Balaban J connectivity index is 1.70. The smallest absolute Gasteiger partial charge is 0.185 e. The monoisotopic (exact) mass is 352 g/mol. The quantitative estimate of drug-likeness (QED) is 0.640. The van der Waals surface area contributed by atoms with E-state index in [1.807, 2.05) is 36.4 Å². The Morgan fingerprint density at radius 1 is 1.04 bits per heavy atom. The molecule has 0 bridgehead atoms. The first-order chi connectivity index (χ1) is 12.7. The van der Waals surface area contributed by atoms with Crippen LogP contribution in [0.5, 0.6) is 11.5 Å². The van der Waals surface area contributed by atoms with Crippen molar-refractivity contribution in [3.63, 3.8) is 0 Å². The zero-order valence-electron chi connectivity index (χ0n) is 15.2. The summed E-state index contributed by atoms with van der Waals surface area (Å²) in [5, 5.41) is 3.34. The van der Waals surface area contributed by atoms with Crippen molar-refractivity contribution in [2.75, 3.05) is 45.3 Å². The second-order valence-electron chi connectivity index (χ2n) is 6.09. The topological polar surface area (TPSA) is 50.8 Å². The molecule has 0 amide bonds. The number of hydrogen-bond acceptors (Lipinski definition) is 5. The van der Waals surface area contributed by atoms with Crippen LogP contribution in [0.15, 0.2) is 48.5 Å². The van der Waals surface area contributed by atoms with E-state index in [-0.39, 0.29) is 5.78 Å². The minimum Gasteiger partial charge on any atom is -0.497 e. The third-order valence-electron chi connectivity index (χ3n) is 4.49. The summed E-state index contributed by atoms with van der Waals surface area (Å²) in [6.07, 6.45) is 3.34. The molecule has 0 radical (unpaired) electrons. The van der Waals surface area contributed by atoms with E-state index in [2.05, 4.69) is 10.2 Å². The third kappa shape index (κ3) is 4.24. The lowest BCUT2D eigenvalue weighted by Crippen LogP contribution is -2.43. The molecule has 0 aliphatic carbocycles. The number of carbonyl (C=O) groups excluding carboxylic acids is 1. The number of hydrogen-bond donors (Lipinski definition) is 1. The molecular weight excluding hydrogens is 328 g/mol. The number of nitrogens with zero attached hydrogens (tertiary/aromatic N) is 1. The van der Waals surface area contributed by atoms with Crippen molar-refractivity contribution in [3.05, 3.63) is 59.7 Å². The van der Waals surface area contributed by atoms with E-state index in [9.17, 15) is 4.79 Å². The highest BCUT2D eigenvalue weighted by Gasteiger charge is 2.11. The minimum atomic E-state index is -0.0327. The lowest BCUT2D eigenvalue weighted by molar-refractivity contribution is 0.104. The maximum atomic E-state index is 12.5. The van der Waals surface area contributed by atoms with Gasteiger partial charge in [-0.2, -0.15) is 0 Å². The van der Waals surface area contributed by atoms with Gasteiger partial charge in [0.2, 0.25) is 0 Å². The molecule has 2 aromatic carbocycles. The molecule has 5 heteroatoms. The molecule has 1 heterocycles. The maximum absolute atomic E-state index is 12.5. The zero-order valence-corrected chi connectivity index (χ0v) is 15.2. The van der Waals surface area contributed by atoms with Gasteiger partial charge in [-0.3, -0.25) is 4.79 Å². The Labute approximate surface area is 154 Å². The average molecular weight is 352 g/mol. The highest BCUT2D eigenvalue weighted by Crippen LogP contribution is 2.26. The molecular formula is C21H24N2O3. The summed E-state index contributed by atoms with van der Waals surface area (Å²) in [6.45, 7) is 3.97. The Morgan fingerprint density at radius 2 is 1.77 bits per heavy atom. The molecule has 0 saturated carbocycles. The second-order valence-corrected chi connectivity index (χ2v) is 6.09. The number of ketones is 1. The largest absolute Gasteiger partial charge is 0.497 e. The van der Waals surface area contributed by atoms with E-state index >= 15 is 0 Å². The van der Waals surface area contributed by atoms with E-state index in [1.54, 1.807) is 32.4 Å². The fourth-order valence-corrected chi connectivity index (χ4v) is 2.98. The Morgan fingerprint density at radius 3 is 2.42 bits per heavy atom. The van der Waals surface area contributed by atoms with Gasteiger partial charge in [0.25, 0.3) is 0 Å². The summed E-state index contributed by atoms with van der Waals surface area (Å²) in [6, 6.07) is 13.3. The van der Waals surface area contributed by atoms with Gasteiger partial charge < -0.3 is 19.7 Å². The van der Waals surface area contributed by atoms with Crippen molar-refractivity contribution in [2.24, 2.45) is 0 Å². The molecule has 26 heavy (non-hydrogen) atoms. The van der Waals surface area contributed by atoms with Crippen LogP contribution in [0, 0.1) is 0 Å². The van der Waals surface area contributed by atoms with Gasteiger partial charge in [-0.25, -0.2) is 0 Å². The van der Waals surface area contributed by atoms with Gasteiger partial charge in [0.15, 0.2) is 5.78 Å². The molecule has 0 aromatic heterocycles. The molecule has 1 N–H and O–H groups in total. The molecule has 3 rings (SSSR count). The number of nitrogens with one attached hydrogen (secondary N) is 1. The maximum Gasteiger partial charge on any atom is 0.185 e. The number of rotatable bonds is 6. The van der Waals surface area contributed by atoms with Crippen molar-refractivity contribution < 1.29 is 14.3 Å². The molecule has 136 valence electrons. The van der Waals surface area contributed by atoms with Crippen LogP contribution in [-0.2, 0) is 0 Å². The van der Waals surface area contributed by atoms with E-state index < -0.39 is 0 Å². The molecule has 0 atom stereocenters. The number of methoxy groups -OCH3 is 2. The first kappa shape index (κ1) is 18.0. The second kappa shape index (κ2) is 8.54. The zero-order chi connectivity index (χ0) is 18.4. The molecule has 0 spiro atoms.